The van der Waals surface area contributed by atoms with Gasteiger partial charge in [0.1, 0.15) is 0 Å². The molecule has 0 aromatic carbocycles. The van der Waals surface area contributed by atoms with Crippen molar-refractivity contribution in [1.82, 2.24) is 0 Å². The molecule has 1 aliphatic carbocycles. The highest BCUT2D eigenvalue weighted by atomic mass is 19.1. The first kappa shape index (κ1) is 8.24. The Kier molecular flexibility index (Phi) is 3.08. The zero-order valence-electron chi connectivity index (χ0n) is 6.25. The molecule has 3 heteroatoms. The van der Waals surface area contributed by atoms with Crippen LogP contribution in [0.1, 0.15) is 19.3 Å². The number of carbonyl (C=O) groups is 1. The molecule has 11 heavy (non-hydrogen) atoms. The number of alkyl halides is 1. The molecule has 1 rings (SSSR count). The molecule has 0 saturated heterocycles. The van der Waals surface area contributed by atoms with Crippen LogP contribution in [0, 0.1) is 5.92 Å². The smallest absolute Gasteiger partial charge is 0.311 e. The zero-order valence-corrected chi connectivity index (χ0v) is 6.25. The minimum Gasteiger partial charge on any atom is -0.433 e. The lowest BCUT2D eigenvalue weighted by atomic mass is 9.95. The third-order valence-corrected chi connectivity index (χ3v) is 1.80. The van der Waals surface area contributed by atoms with E-state index in [2.05, 4.69) is 4.74 Å². The molecule has 0 fully saturated rings. The quantitative estimate of drug-likeness (QED) is 0.452. The molecule has 2 nitrogen and oxygen atoms in total. The van der Waals surface area contributed by atoms with Gasteiger partial charge in [-0.25, -0.2) is 4.39 Å². The number of halogens is 1. The Bertz CT molecular complexity index is 165. The number of esters is 1. The topological polar surface area (TPSA) is 26.3 Å². The summed E-state index contributed by atoms with van der Waals surface area (Å²) in [5.41, 5.74) is 0. The van der Waals surface area contributed by atoms with Crippen molar-refractivity contribution in [1.29, 1.82) is 0 Å². The van der Waals surface area contributed by atoms with Crippen LogP contribution in [0.25, 0.3) is 0 Å². The Hall–Kier alpha value is -0.860. The van der Waals surface area contributed by atoms with Gasteiger partial charge in [-0.05, 0) is 19.3 Å². The largest absolute Gasteiger partial charge is 0.433 e. The molecule has 1 aliphatic rings. The number of rotatable bonds is 2. The van der Waals surface area contributed by atoms with E-state index in [4.69, 9.17) is 0 Å². The Labute approximate surface area is 65.0 Å². The Balaban J connectivity index is 2.34. The van der Waals surface area contributed by atoms with Crippen LogP contribution in [-0.2, 0) is 9.53 Å². The van der Waals surface area contributed by atoms with Crippen molar-refractivity contribution in [3.05, 3.63) is 12.2 Å². The second kappa shape index (κ2) is 4.11. The van der Waals surface area contributed by atoms with E-state index in [9.17, 15) is 9.18 Å². The first-order valence-corrected chi connectivity index (χ1v) is 3.72. The summed E-state index contributed by atoms with van der Waals surface area (Å²) >= 11 is 0. The normalized spacial score (nSPS) is 23.2. The van der Waals surface area contributed by atoms with Gasteiger partial charge in [0, 0.05) is 0 Å². The highest BCUT2D eigenvalue weighted by Gasteiger charge is 2.19. The van der Waals surface area contributed by atoms with Crippen molar-refractivity contribution < 1.29 is 13.9 Å². The van der Waals surface area contributed by atoms with E-state index >= 15 is 0 Å². The second-order valence-electron chi connectivity index (χ2n) is 2.55. The van der Waals surface area contributed by atoms with Crippen molar-refractivity contribution >= 4 is 5.97 Å². The molecule has 0 N–H and O–H groups in total. The first-order chi connectivity index (χ1) is 5.34. The minimum absolute atomic E-state index is 0.115. The second-order valence-corrected chi connectivity index (χ2v) is 2.55. The van der Waals surface area contributed by atoms with Gasteiger partial charge >= 0.3 is 5.97 Å². The molecule has 0 amide bonds. The predicted molar refractivity (Wildman–Crippen MR) is 38.5 cm³/mol. The van der Waals surface area contributed by atoms with Crippen LogP contribution < -0.4 is 0 Å². The van der Waals surface area contributed by atoms with Gasteiger partial charge in [-0.2, -0.15) is 0 Å². The molecule has 0 spiro atoms. The SMILES string of the molecule is O=C(OCF)C1CC=CCC1. The van der Waals surface area contributed by atoms with E-state index in [1.54, 1.807) is 0 Å². The molecule has 0 saturated carbocycles. The van der Waals surface area contributed by atoms with Crippen LogP contribution >= 0.6 is 0 Å². The summed E-state index contributed by atoms with van der Waals surface area (Å²) in [5.74, 6) is -0.521. The summed E-state index contributed by atoms with van der Waals surface area (Å²) in [7, 11) is 0. The van der Waals surface area contributed by atoms with E-state index < -0.39 is 12.8 Å². The number of carbonyl (C=O) groups excluding carboxylic acids is 1. The lowest BCUT2D eigenvalue weighted by Gasteiger charge is -2.14. The van der Waals surface area contributed by atoms with E-state index in [0.717, 1.165) is 12.8 Å². The minimum atomic E-state index is -1.00. The van der Waals surface area contributed by atoms with Crippen molar-refractivity contribution in [3.63, 3.8) is 0 Å². The summed E-state index contributed by atoms with van der Waals surface area (Å²) in [4.78, 5) is 10.9. The Morgan fingerprint density at radius 3 is 3.00 bits per heavy atom. The van der Waals surface area contributed by atoms with Gasteiger partial charge in [0.2, 0.25) is 6.86 Å². The molecule has 0 bridgehead atoms. The van der Waals surface area contributed by atoms with Crippen molar-refractivity contribution in [2.45, 2.75) is 19.3 Å². The Morgan fingerprint density at radius 1 is 1.64 bits per heavy atom. The zero-order chi connectivity index (χ0) is 8.10. The number of ether oxygens (including phenoxy) is 1. The van der Waals surface area contributed by atoms with Gasteiger partial charge in [-0.15, -0.1) is 0 Å². The van der Waals surface area contributed by atoms with Gasteiger partial charge in [0.05, 0.1) is 5.92 Å². The van der Waals surface area contributed by atoms with E-state index in [0.29, 0.717) is 6.42 Å². The summed E-state index contributed by atoms with van der Waals surface area (Å²) in [6.07, 6.45) is 6.34. The third-order valence-electron chi connectivity index (χ3n) is 1.80. The van der Waals surface area contributed by atoms with E-state index in [-0.39, 0.29) is 5.92 Å². The monoisotopic (exact) mass is 158 g/mol. The highest BCUT2D eigenvalue weighted by molar-refractivity contribution is 5.72. The molecule has 62 valence electrons. The van der Waals surface area contributed by atoms with Crippen molar-refractivity contribution in [2.24, 2.45) is 5.92 Å². The maximum absolute atomic E-state index is 11.5. The maximum atomic E-state index is 11.5. The molecule has 1 atom stereocenters. The number of allylic oxidation sites excluding steroid dienone is 2. The lowest BCUT2D eigenvalue weighted by molar-refractivity contribution is -0.152. The highest BCUT2D eigenvalue weighted by Crippen LogP contribution is 2.19. The van der Waals surface area contributed by atoms with Gasteiger partial charge in [-0.3, -0.25) is 4.79 Å². The average molecular weight is 158 g/mol. The van der Waals surface area contributed by atoms with Crippen LogP contribution in [0.15, 0.2) is 12.2 Å². The number of hydrogen-bond acceptors (Lipinski definition) is 2. The van der Waals surface area contributed by atoms with Crippen LogP contribution in [0.4, 0.5) is 4.39 Å². The van der Waals surface area contributed by atoms with Gasteiger partial charge in [-0.1, -0.05) is 12.2 Å². The summed E-state index contributed by atoms with van der Waals surface area (Å²) in [6.45, 7) is -1.00. The molecule has 0 aromatic heterocycles. The van der Waals surface area contributed by atoms with Crippen LogP contribution in [0.2, 0.25) is 0 Å². The van der Waals surface area contributed by atoms with Gasteiger partial charge in [0.15, 0.2) is 0 Å². The molecular formula is C8H11FO2. The fraction of sp³-hybridized carbons (Fsp3) is 0.625. The summed E-state index contributed by atoms with van der Waals surface area (Å²) < 4.78 is 15.8. The average Bonchev–Trinajstić information content (AvgIpc) is 2.07. The van der Waals surface area contributed by atoms with Gasteiger partial charge < -0.3 is 4.74 Å². The maximum Gasteiger partial charge on any atom is 0.311 e. The van der Waals surface area contributed by atoms with Crippen molar-refractivity contribution in [3.8, 4) is 0 Å². The molecule has 0 radical (unpaired) electrons. The van der Waals surface area contributed by atoms with Crippen LogP contribution in [0.5, 0.6) is 0 Å². The third kappa shape index (κ3) is 2.33. The number of hydrogen-bond donors (Lipinski definition) is 0. The first-order valence-electron chi connectivity index (χ1n) is 3.72. The van der Waals surface area contributed by atoms with Crippen molar-refractivity contribution in [2.75, 3.05) is 6.86 Å². The lowest BCUT2D eigenvalue weighted by Crippen LogP contribution is -2.18. The molecular weight excluding hydrogens is 147 g/mol. The summed E-state index contributed by atoms with van der Waals surface area (Å²) in [6, 6.07) is 0. The van der Waals surface area contributed by atoms with E-state index in [1.807, 2.05) is 12.2 Å². The fourth-order valence-corrected chi connectivity index (χ4v) is 1.18. The van der Waals surface area contributed by atoms with E-state index in [1.165, 1.54) is 0 Å². The Morgan fingerprint density at radius 2 is 2.45 bits per heavy atom. The molecule has 0 aromatic rings. The fourth-order valence-electron chi connectivity index (χ4n) is 1.18. The molecule has 1 unspecified atom stereocenters. The molecule has 0 aliphatic heterocycles. The summed E-state index contributed by atoms with van der Waals surface area (Å²) in [5, 5.41) is 0. The predicted octanol–water partition coefficient (Wildman–Crippen LogP) is 1.81. The molecule has 0 heterocycles. The standard InChI is InChI=1S/C8H11FO2/c9-6-11-8(10)7-4-2-1-3-5-7/h1-2,7H,3-6H2. The van der Waals surface area contributed by atoms with Crippen LogP contribution in [0.3, 0.4) is 0 Å². The van der Waals surface area contributed by atoms with Crippen LogP contribution in [-0.4, -0.2) is 12.8 Å². The van der Waals surface area contributed by atoms with Gasteiger partial charge in [0.25, 0.3) is 0 Å².